The molecule has 114 valence electrons. The van der Waals surface area contributed by atoms with Gasteiger partial charge in [0, 0.05) is 19.2 Å². The minimum absolute atomic E-state index is 0.0696. The largest absolute Gasteiger partial charge is 0.384 e. The van der Waals surface area contributed by atoms with Gasteiger partial charge in [0.05, 0.1) is 24.2 Å². The number of rotatable bonds is 6. The highest BCUT2D eigenvalue weighted by atomic mass is 16.5. The molecule has 21 heavy (non-hydrogen) atoms. The first-order chi connectivity index (χ1) is 9.99. The van der Waals surface area contributed by atoms with Crippen LogP contribution < -0.4 is 5.32 Å². The van der Waals surface area contributed by atoms with E-state index in [1.54, 1.807) is 7.11 Å². The summed E-state index contributed by atoms with van der Waals surface area (Å²) in [5.74, 6) is 0. The first-order valence-corrected chi connectivity index (χ1v) is 7.23. The summed E-state index contributed by atoms with van der Waals surface area (Å²) in [6.07, 6.45) is 2.84. The minimum atomic E-state index is 0.0696. The van der Waals surface area contributed by atoms with Gasteiger partial charge in [-0.05, 0) is 38.8 Å². The van der Waals surface area contributed by atoms with E-state index in [0.29, 0.717) is 13.2 Å². The van der Waals surface area contributed by atoms with Crippen LogP contribution in [0.1, 0.15) is 32.0 Å². The third-order valence-corrected chi connectivity index (χ3v) is 3.15. The van der Waals surface area contributed by atoms with Crippen LogP contribution in [-0.2, 0) is 17.7 Å². The smallest absolute Gasteiger partial charge is 0.0969 e. The average molecular weight is 288 g/mol. The molecular weight excluding hydrogens is 264 g/mol. The van der Waals surface area contributed by atoms with Crippen molar-refractivity contribution >= 4 is 0 Å². The van der Waals surface area contributed by atoms with Crippen molar-refractivity contribution in [1.29, 1.82) is 0 Å². The highest BCUT2D eigenvalue weighted by molar-refractivity contribution is 5.40. The van der Waals surface area contributed by atoms with Gasteiger partial charge in [-0.2, -0.15) is 0 Å². The Morgan fingerprint density at radius 1 is 1.24 bits per heavy atom. The Morgan fingerprint density at radius 2 is 2.00 bits per heavy atom. The molecule has 0 saturated heterocycles. The normalized spacial score (nSPS) is 11.8. The van der Waals surface area contributed by atoms with E-state index in [1.807, 2.05) is 23.0 Å². The van der Waals surface area contributed by atoms with E-state index in [2.05, 4.69) is 48.5 Å². The van der Waals surface area contributed by atoms with Gasteiger partial charge in [-0.3, -0.25) is 0 Å². The van der Waals surface area contributed by atoms with Crippen LogP contribution in [-0.4, -0.2) is 34.2 Å². The van der Waals surface area contributed by atoms with Crippen molar-refractivity contribution in [3.05, 3.63) is 41.7 Å². The van der Waals surface area contributed by atoms with Crippen LogP contribution in [0.2, 0.25) is 0 Å². The van der Waals surface area contributed by atoms with Crippen LogP contribution in [0.5, 0.6) is 0 Å². The molecule has 0 spiro atoms. The third-order valence-electron chi connectivity index (χ3n) is 3.15. The molecule has 0 aliphatic carbocycles. The zero-order valence-electron chi connectivity index (χ0n) is 13.3. The molecule has 0 atom stereocenters. The van der Waals surface area contributed by atoms with Crippen LogP contribution in [0.4, 0.5) is 0 Å². The molecule has 0 radical (unpaired) electrons. The number of aromatic nitrogens is 3. The van der Waals surface area contributed by atoms with Crippen LogP contribution in [0.25, 0.3) is 5.69 Å². The summed E-state index contributed by atoms with van der Waals surface area (Å²) in [6.45, 7) is 7.82. The second-order valence-corrected chi connectivity index (χ2v) is 6.13. The number of hydrogen-bond donors (Lipinski definition) is 1. The first kappa shape index (κ1) is 15.7. The van der Waals surface area contributed by atoms with Gasteiger partial charge in [-0.15, -0.1) is 5.10 Å². The molecule has 1 aromatic carbocycles. The van der Waals surface area contributed by atoms with Crippen LogP contribution in [0.15, 0.2) is 30.5 Å². The topological polar surface area (TPSA) is 52.0 Å². The SMILES string of the molecule is COCCc1ccccc1-n1cc(CNC(C)(C)C)nn1. The molecule has 1 N–H and O–H groups in total. The van der Waals surface area contributed by atoms with Crippen molar-refractivity contribution in [2.45, 2.75) is 39.3 Å². The van der Waals surface area contributed by atoms with E-state index in [-0.39, 0.29) is 5.54 Å². The maximum absolute atomic E-state index is 5.16. The van der Waals surface area contributed by atoms with Crippen LogP contribution in [0.3, 0.4) is 0 Å². The van der Waals surface area contributed by atoms with E-state index in [1.165, 1.54) is 5.56 Å². The molecule has 0 bridgehead atoms. The Kier molecular flexibility index (Phi) is 5.09. The number of para-hydroxylation sites is 1. The Hall–Kier alpha value is -1.72. The summed E-state index contributed by atoms with van der Waals surface area (Å²) in [4.78, 5) is 0. The summed E-state index contributed by atoms with van der Waals surface area (Å²) < 4.78 is 7.00. The summed E-state index contributed by atoms with van der Waals surface area (Å²) in [7, 11) is 1.72. The van der Waals surface area contributed by atoms with Crippen LogP contribution >= 0.6 is 0 Å². The second kappa shape index (κ2) is 6.83. The molecule has 5 heteroatoms. The summed E-state index contributed by atoms with van der Waals surface area (Å²) in [5, 5.41) is 11.9. The fourth-order valence-corrected chi connectivity index (χ4v) is 2.01. The van der Waals surface area contributed by atoms with Crippen molar-refractivity contribution in [3.8, 4) is 5.69 Å². The fraction of sp³-hybridized carbons (Fsp3) is 0.500. The van der Waals surface area contributed by atoms with Crippen molar-refractivity contribution < 1.29 is 4.74 Å². The summed E-state index contributed by atoms with van der Waals surface area (Å²) in [5.41, 5.74) is 3.27. The van der Waals surface area contributed by atoms with Crippen molar-refractivity contribution in [3.63, 3.8) is 0 Å². The molecular formula is C16H24N4O. The summed E-state index contributed by atoms with van der Waals surface area (Å²) in [6, 6.07) is 8.21. The maximum Gasteiger partial charge on any atom is 0.0969 e. The minimum Gasteiger partial charge on any atom is -0.384 e. The van der Waals surface area contributed by atoms with E-state index in [4.69, 9.17) is 4.74 Å². The molecule has 0 aliphatic rings. The van der Waals surface area contributed by atoms with E-state index in [9.17, 15) is 0 Å². The number of benzene rings is 1. The first-order valence-electron chi connectivity index (χ1n) is 7.23. The van der Waals surface area contributed by atoms with Gasteiger partial charge in [-0.25, -0.2) is 4.68 Å². The summed E-state index contributed by atoms with van der Waals surface area (Å²) >= 11 is 0. The number of nitrogens with zero attached hydrogens (tertiary/aromatic N) is 3. The molecule has 1 heterocycles. The van der Waals surface area contributed by atoms with Gasteiger partial charge >= 0.3 is 0 Å². The molecule has 0 unspecified atom stereocenters. The molecule has 0 fully saturated rings. The lowest BCUT2D eigenvalue weighted by Gasteiger charge is -2.19. The zero-order valence-corrected chi connectivity index (χ0v) is 13.3. The zero-order chi connectivity index (χ0) is 15.3. The standard InChI is InChI=1S/C16H24N4O/c1-16(2,3)17-11-14-12-20(19-18-14)15-8-6-5-7-13(15)9-10-21-4/h5-8,12,17H,9-11H2,1-4H3. The molecule has 0 aliphatic heterocycles. The van der Waals surface area contributed by atoms with Crippen LogP contribution in [0, 0.1) is 0 Å². The Labute approximate surface area is 126 Å². The Morgan fingerprint density at radius 3 is 2.71 bits per heavy atom. The second-order valence-electron chi connectivity index (χ2n) is 6.13. The molecule has 1 aromatic heterocycles. The lowest BCUT2D eigenvalue weighted by molar-refractivity contribution is 0.202. The van der Waals surface area contributed by atoms with Crippen molar-refractivity contribution in [2.75, 3.05) is 13.7 Å². The van der Waals surface area contributed by atoms with E-state index < -0.39 is 0 Å². The quantitative estimate of drug-likeness (QED) is 0.886. The molecule has 0 amide bonds. The molecule has 2 rings (SSSR count). The van der Waals surface area contributed by atoms with Gasteiger partial charge < -0.3 is 10.1 Å². The predicted molar refractivity (Wildman–Crippen MR) is 83.5 cm³/mol. The lowest BCUT2D eigenvalue weighted by atomic mass is 10.1. The predicted octanol–water partition coefficient (Wildman–Crippen LogP) is 2.34. The number of nitrogens with one attached hydrogen (secondary N) is 1. The lowest BCUT2D eigenvalue weighted by Crippen LogP contribution is -2.35. The fourth-order valence-electron chi connectivity index (χ4n) is 2.01. The van der Waals surface area contributed by atoms with Gasteiger partial charge in [0.25, 0.3) is 0 Å². The van der Waals surface area contributed by atoms with Gasteiger partial charge in [0.15, 0.2) is 0 Å². The monoisotopic (exact) mass is 288 g/mol. The average Bonchev–Trinajstić information content (AvgIpc) is 2.91. The number of hydrogen-bond acceptors (Lipinski definition) is 4. The number of ether oxygens (including phenoxy) is 1. The van der Waals surface area contributed by atoms with E-state index in [0.717, 1.165) is 17.8 Å². The molecule has 0 saturated carbocycles. The highest BCUT2D eigenvalue weighted by Crippen LogP contribution is 2.14. The Bertz CT molecular complexity index is 572. The molecule has 2 aromatic rings. The number of methoxy groups -OCH3 is 1. The van der Waals surface area contributed by atoms with Gasteiger partial charge in [0.2, 0.25) is 0 Å². The maximum atomic E-state index is 5.16. The van der Waals surface area contributed by atoms with Gasteiger partial charge in [-0.1, -0.05) is 23.4 Å². The highest BCUT2D eigenvalue weighted by Gasteiger charge is 2.11. The van der Waals surface area contributed by atoms with E-state index >= 15 is 0 Å². The van der Waals surface area contributed by atoms with Crippen molar-refractivity contribution in [2.24, 2.45) is 0 Å². The molecule has 5 nitrogen and oxygen atoms in total. The Balaban J connectivity index is 2.14. The van der Waals surface area contributed by atoms with Gasteiger partial charge in [0.1, 0.15) is 0 Å². The third kappa shape index (κ3) is 4.65. The van der Waals surface area contributed by atoms with Crippen molar-refractivity contribution in [1.82, 2.24) is 20.3 Å².